The molecule has 0 amide bonds. The van der Waals surface area contributed by atoms with Gasteiger partial charge in [-0.25, -0.2) is 0 Å². The van der Waals surface area contributed by atoms with Gasteiger partial charge in [-0.2, -0.15) is 0 Å². The molecule has 2 rings (SSSR count). The van der Waals surface area contributed by atoms with Gasteiger partial charge in [0.2, 0.25) is 0 Å². The number of rotatable bonds is 7. The molecule has 1 aromatic heterocycles. The number of para-hydroxylation sites is 1. The zero-order valence-electron chi connectivity index (χ0n) is 13.4. The van der Waals surface area contributed by atoms with E-state index in [9.17, 15) is 0 Å². The lowest BCUT2D eigenvalue weighted by Crippen LogP contribution is -2.24. The van der Waals surface area contributed by atoms with Crippen LogP contribution < -0.4 is 10.1 Å². The molecule has 1 N–H and O–H groups in total. The second-order valence-electron chi connectivity index (χ2n) is 5.23. The average molecular weight is 287 g/mol. The Labute approximate surface area is 127 Å². The molecule has 0 saturated carbocycles. The molecule has 0 aliphatic carbocycles. The highest BCUT2D eigenvalue weighted by Crippen LogP contribution is 2.33. The molecule has 0 aliphatic rings. The van der Waals surface area contributed by atoms with Gasteiger partial charge in [0, 0.05) is 11.1 Å². The molecule has 0 aliphatic heterocycles. The van der Waals surface area contributed by atoms with Crippen LogP contribution in [0.1, 0.15) is 49.0 Å². The third-order valence-electron chi connectivity index (χ3n) is 3.52. The third-order valence-corrected chi connectivity index (χ3v) is 3.52. The van der Waals surface area contributed by atoms with Crippen molar-refractivity contribution < 1.29 is 9.15 Å². The van der Waals surface area contributed by atoms with Crippen molar-refractivity contribution in [2.45, 2.75) is 40.2 Å². The summed E-state index contributed by atoms with van der Waals surface area (Å²) in [5.74, 6) is 2.85. The third kappa shape index (κ3) is 3.67. The fourth-order valence-corrected chi connectivity index (χ4v) is 2.62. The zero-order valence-corrected chi connectivity index (χ0v) is 13.4. The van der Waals surface area contributed by atoms with Crippen molar-refractivity contribution >= 4 is 0 Å². The second kappa shape index (κ2) is 7.32. The molecule has 0 fully saturated rings. The maximum atomic E-state index is 5.80. The molecule has 0 bridgehead atoms. The predicted octanol–water partition coefficient (Wildman–Crippen LogP) is 4.38. The Bertz CT molecular complexity index is 574. The molecular weight excluding hydrogens is 262 g/mol. The Morgan fingerprint density at radius 1 is 1.14 bits per heavy atom. The Kier molecular flexibility index (Phi) is 5.45. The summed E-state index contributed by atoms with van der Waals surface area (Å²) in [6.07, 6.45) is 1.09. The Balaban J connectivity index is 2.43. The molecule has 21 heavy (non-hydrogen) atoms. The van der Waals surface area contributed by atoms with Crippen molar-refractivity contribution in [2.24, 2.45) is 0 Å². The van der Waals surface area contributed by atoms with Crippen LogP contribution in [-0.4, -0.2) is 13.2 Å². The first kappa shape index (κ1) is 15.6. The van der Waals surface area contributed by atoms with Crippen molar-refractivity contribution in [3.05, 3.63) is 53.0 Å². The van der Waals surface area contributed by atoms with E-state index in [-0.39, 0.29) is 6.04 Å². The van der Waals surface area contributed by atoms with E-state index in [2.05, 4.69) is 30.4 Å². The smallest absolute Gasteiger partial charge is 0.124 e. The minimum atomic E-state index is 0.102. The van der Waals surface area contributed by atoms with Gasteiger partial charge in [-0.05, 0) is 45.9 Å². The van der Waals surface area contributed by atoms with Gasteiger partial charge in [-0.15, -0.1) is 0 Å². The van der Waals surface area contributed by atoms with E-state index in [4.69, 9.17) is 9.15 Å². The highest BCUT2D eigenvalue weighted by Gasteiger charge is 2.21. The topological polar surface area (TPSA) is 34.4 Å². The first-order chi connectivity index (χ1) is 10.2. The minimum Gasteiger partial charge on any atom is -0.494 e. The van der Waals surface area contributed by atoms with Crippen LogP contribution in [0.25, 0.3) is 0 Å². The van der Waals surface area contributed by atoms with E-state index in [0.29, 0.717) is 6.61 Å². The molecule has 0 spiro atoms. The van der Waals surface area contributed by atoms with Crippen molar-refractivity contribution in [1.82, 2.24) is 5.32 Å². The summed E-state index contributed by atoms with van der Waals surface area (Å²) >= 11 is 0. The number of aryl methyl sites for hydroxylation is 2. The zero-order chi connectivity index (χ0) is 15.2. The summed E-state index contributed by atoms with van der Waals surface area (Å²) in [5, 5.41) is 3.61. The lowest BCUT2D eigenvalue weighted by molar-refractivity contribution is 0.333. The van der Waals surface area contributed by atoms with Crippen LogP contribution in [0.3, 0.4) is 0 Å². The number of hydrogen-bond acceptors (Lipinski definition) is 3. The quantitative estimate of drug-likeness (QED) is 0.820. The SMILES string of the molecule is CCCNC(c1ccccc1OCC)c1cc(C)oc1C. The van der Waals surface area contributed by atoms with Crippen LogP contribution in [0, 0.1) is 13.8 Å². The summed E-state index contributed by atoms with van der Waals surface area (Å²) in [7, 11) is 0. The Morgan fingerprint density at radius 3 is 2.52 bits per heavy atom. The number of hydrogen-bond donors (Lipinski definition) is 1. The van der Waals surface area contributed by atoms with Crippen LogP contribution in [0.2, 0.25) is 0 Å². The van der Waals surface area contributed by atoms with E-state index in [1.807, 2.05) is 32.9 Å². The average Bonchev–Trinajstić information content (AvgIpc) is 2.80. The van der Waals surface area contributed by atoms with Gasteiger partial charge in [-0.1, -0.05) is 25.1 Å². The predicted molar refractivity (Wildman–Crippen MR) is 85.9 cm³/mol. The Morgan fingerprint density at radius 2 is 1.90 bits per heavy atom. The van der Waals surface area contributed by atoms with E-state index in [1.165, 1.54) is 5.56 Å². The maximum Gasteiger partial charge on any atom is 0.124 e. The summed E-state index contributed by atoms with van der Waals surface area (Å²) in [6, 6.07) is 10.4. The normalized spacial score (nSPS) is 12.4. The van der Waals surface area contributed by atoms with E-state index < -0.39 is 0 Å². The van der Waals surface area contributed by atoms with E-state index in [1.54, 1.807) is 0 Å². The van der Waals surface area contributed by atoms with Gasteiger partial charge in [0.25, 0.3) is 0 Å². The van der Waals surface area contributed by atoms with Gasteiger partial charge in [-0.3, -0.25) is 0 Å². The fourth-order valence-electron chi connectivity index (χ4n) is 2.62. The van der Waals surface area contributed by atoms with E-state index >= 15 is 0 Å². The van der Waals surface area contributed by atoms with Crippen LogP contribution in [0.4, 0.5) is 0 Å². The fraction of sp³-hybridized carbons (Fsp3) is 0.444. The molecule has 3 nitrogen and oxygen atoms in total. The lowest BCUT2D eigenvalue weighted by Gasteiger charge is -2.21. The number of benzene rings is 1. The molecule has 2 aromatic rings. The maximum absolute atomic E-state index is 5.80. The van der Waals surface area contributed by atoms with Crippen molar-refractivity contribution in [3.8, 4) is 5.75 Å². The molecule has 0 saturated heterocycles. The molecule has 0 radical (unpaired) electrons. The van der Waals surface area contributed by atoms with Crippen molar-refractivity contribution in [2.75, 3.05) is 13.2 Å². The molecule has 114 valence electrons. The molecule has 3 heteroatoms. The van der Waals surface area contributed by atoms with Crippen LogP contribution in [-0.2, 0) is 0 Å². The summed E-state index contributed by atoms with van der Waals surface area (Å²) in [5.41, 5.74) is 2.35. The second-order valence-corrected chi connectivity index (χ2v) is 5.23. The highest BCUT2D eigenvalue weighted by molar-refractivity contribution is 5.42. The van der Waals surface area contributed by atoms with Crippen molar-refractivity contribution in [3.63, 3.8) is 0 Å². The van der Waals surface area contributed by atoms with Gasteiger partial charge >= 0.3 is 0 Å². The summed E-state index contributed by atoms with van der Waals surface area (Å²) in [6.45, 7) is 9.81. The largest absolute Gasteiger partial charge is 0.494 e. The molecule has 1 unspecified atom stereocenters. The summed E-state index contributed by atoms with van der Waals surface area (Å²) < 4.78 is 11.5. The number of ether oxygens (including phenoxy) is 1. The monoisotopic (exact) mass is 287 g/mol. The van der Waals surface area contributed by atoms with Crippen LogP contribution >= 0.6 is 0 Å². The molecule has 1 heterocycles. The molecule has 1 atom stereocenters. The minimum absolute atomic E-state index is 0.102. The standard InChI is InChI=1S/C18H25NO2/c1-5-11-19-18(16-12-13(3)21-14(16)4)15-9-7-8-10-17(15)20-6-2/h7-10,12,18-19H,5-6,11H2,1-4H3. The van der Waals surface area contributed by atoms with Crippen LogP contribution in [0.15, 0.2) is 34.7 Å². The van der Waals surface area contributed by atoms with Gasteiger partial charge in [0.15, 0.2) is 0 Å². The van der Waals surface area contributed by atoms with E-state index in [0.717, 1.165) is 35.8 Å². The van der Waals surface area contributed by atoms with Crippen LogP contribution in [0.5, 0.6) is 5.75 Å². The van der Waals surface area contributed by atoms with Crippen molar-refractivity contribution in [1.29, 1.82) is 0 Å². The summed E-state index contributed by atoms with van der Waals surface area (Å²) in [4.78, 5) is 0. The highest BCUT2D eigenvalue weighted by atomic mass is 16.5. The Hall–Kier alpha value is -1.74. The van der Waals surface area contributed by atoms with Gasteiger partial charge < -0.3 is 14.5 Å². The first-order valence-corrected chi connectivity index (χ1v) is 7.69. The lowest BCUT2D eigenvalue weighted by atomic mass is 9.97. The van der Waals surface area contributed by atoms with Gasteiger partial charge in [0.05, 0.1) is 12.6 Å². The van der Waals surface area contributed by atoms with Gasteiger partial charge in [0.1, 0.15) is 17.3 Å². The molecule has 1 aromatic carbocycles. The number of nitrogens with one attached hydrogen (secondary N) is 1. The first-order valence-electron chi connectivity index (χ1n) is 7.69. The molecular formula is C18H25NO2. The number of furan rings is 1.